The molecule has 0 aliphatic heterocycles. The largest absolute Gasteiger partial charge is 0.494 e. The maximum Gasteiger partial charge on any atom is 0.226 e. The summed E-state index contributed by atoms with van der Waals surface area (Å²) in [6.07, 6.45) is 0. The molecule has 0 amide bonds. The monoisotopic (exact) mass is 306 g/mol. The predicted molar refractivity (Wildman–Crippen MR) is 83.6 cm³/mol. The molecular weight excluding hydrogens is 288 g/mol. The first-order valence-electron chi connectivity index (χ1n) is 6.96. The fourth-order valence-corrected chi connectivity index (χ4v) is 1.89. The molecule has 0 aliphatic carbocycles. The minimum absolute atomic E-state index is 0.186. The van der Waals surface area contributed by atoms with Gasteiger partial charge in [0.25, 0.3) is 0 Å². The van der Waals surface area contributed by atoms with Crippen LogP contribution < -0.4 is 9.47 Å². The Balaban J connectivity index is 2.26. The number of rotatable bonds is 5. The van der Waals surface area contributed by atoms with E-state index in [0.29, 0.717) is 29.2 Å². The molecule has 0 aliphatic rings. The van der Waals surface area contributed by atoms with Gasteiger partial charge in [-0.25, -0.2) is 4.98 Å². The quantitative estimate of drug-likeness (QED) is 0.748. The molecular formula is C16H19ClN2O2. The van der Waals surface area contributed by atoms with Crippen LogP contribution in [0.4, 0.5) is 0 Å². The fourth-order valence-electron chi connectivity index (χ4n) is 1.73. The standard InChI is InChI=1S/C16H19ClN2O2/c1-5-20-12-6-8-13(9-7-12)21-16-11(4)14(17)18-15(19-16)10(2)3/h6-10H,5H2,1-4H3. The Labute approximate surface area is 130 Å². The van der Waals surface area contributed by atoms with Crippen molar-refractivity contribution < 1.29 is 9.47 Å². The third-order valence-electron chi connectivity index (χ3n) is 2.92. The molecule has 2 aromatic rings. The average Bonchev–Trinajstić information content (AvgIpc) is 2.45. The maximum absolute atomic E-state index is 6.14. The highest BCUT2D eigenvalue weighted by atomic mass is 35.5. The minimum atomic E-state index is 0.186. The zero-order chi connectivity index (χ0) is 15.4. The molecule has 4 nitrogen and oxygen atoms in total. The van der Waals surface area contributed by atoms with E-state index in [1.807, 2.05) is 52.0 Å². The summed E-state index contributed by atoms with van der Waals surface area (Å²) >= 11 is 6.14. The second-order valence-electron chi connectivity index (χ2n) is 4.96. The summed E-state index contributed by atoms with van der Waals surface area (Å²) in [7, 11) is 0. The number of nitrogens with zero attached hydrogens (tertiary/aromatic N) is 2. The SMILES string of the molecule is CCOc1ccc(Oc2nc(C(C)C)nc(Cl)c2C)cc1. The highest BCUT2D eigenvalue weighted by molar-refractivity contribution is 6.30. The van der Waals surface area contributed by atoms with E-state index >= 15 is 0 Å². The molecule has 112 valence electrons. The predicted octanol–water partition coefficient (Wildman–Crippen LogP) is 4.75. The number of hydrogen-bond acceptors (Lipinski definition) is 4. The first kappa shape index (κ1) is 15.6. The van der Waals surface area contributed by atoms with E-state index in [-0.39, 0.29) is 5.92 Å². The summed E-state index contributed by atoms with van der Waals surface area (Å²) in [4.78, 5) is 8.70. The van der Waals surface area contributed by atoms with Gasteiger partial charge in [0.15, 0.2) is 0 Å². The van der Waals surface area contributed by atoms with Crippen molar-refractivity contribution in [1.29, 1.82) is 0 Å². The lowest BCUT2D eigenvalue weighted by molar-refractivity contribution is 0.339. The van der Waals surface area contributed by atoms with E-state index in [2.05, 4.69) is 9.97 Å². The van der Waals surface area contributed by atoms with Crippen molar-refractivity contribution in [2.45, 2.75) is 33.6 Å². The van der Waals surface area contributed by atoms with Gasteiger partial charge >= 0.3 is 0 Å². The topological polar surface area (TPSA) is 44.2 Å². The van der Waals surface area contributed by atoms with Crippen molar-refractivity contribution >= 4 is 11.6 Å². The summed E-state index contributed by atoms with van der Waals surface area (Å²) in [5.74, 6) is 2.84. The van der Waals surface area contributed by atoms with E-state index in [1.54, 1.807) is 0 Å². The lowest BCUT2D eigenvalue weighted by Crippen LogP contribution is -2.02. The maximum atomic E-state index is 6.14. The number of benzene rings is 1. The van der Waals surface area contributed by atoms with Gasteiger partial charge in [0.2, 0.25) is 5.88 Å². The van der Waals surface area contributed by atoms with E-state index in [4.69, 9.17) is 21.1 Å². The number of aromatic nitrogens is 2. The van der Waals surface area contributed by atoms with Crippen LogP contribution in [0, 0.1) is 6.92 Å². The highest BCUT2D eigenvalue weighted by Crippen LogP contribution is 2.29. The van der Waals surface area contributed by atoms with Crippen molar-refractivity contribution in [2.24, 2.45) is 0 Å². The Kier molecular flexibility index (Phi) is 5.02. The number of halogens is 1. The van der Waals surface area contributed by atoms with Crippen LogP contribution in [-0.2, 0) is 0 Å². The molecule has 0 radical (unpaired) electrons. The third-order valence-corrected chi connectivity index (χ3v) is 3.29. The Morgan fingerprint density at radius 2 is 1.71 bits per heavy atom. The first-order chi connectivity index (χ1) is 10.0. The summed E-state index contributed by atoms with van der Waals surface area (Å²) in [6, 6.07) is 7.41. The van der Waals surface area contributed by atoms with Crippen molar-refractivity contribution in [3.05, 3.63) is 40.8 Å². The summed E-state index contributed by atoms with van der Waals surface area (Å²) in [6.45, 7) is 8.46. The van der Waals surface area contributed by atoms with Gasteiger partial charge < -0.3 is 9.47 Å². The van der Waals surface area contributed by atoms with Crippen LogP contribution in [0.1, 0.15) is 38.1 Å². The Morgan fingerprint density at radius 3 is 2.29 bits per heavy atom. The van der Waals surface area contributed by atoms with Crippen molar-refractivity contribution in [3.8, 4) is 17.4 Å². The minimum Gasteiger partial charge on any atom is -0.494 e. The molecule has 0 spiro atoms. The van der Waals surface area contributed by atoms with Gasteiger partial charge in [0.1, 0.15) is 22.5 Å². The molecule has 1 aromatic heterocycles. The molecule has 0 unspecified atom stereocenters. The number of hydrogen-bond donors (Lipinski definition) is 0. The smallest absolute Gasteiger partial charge is 0.226 e. The van der Waals surface area contributed by atoms with Gasteiger partial charge in [0, 0.05) is 11.5 Å². The van der Waals surface area contributed by atoms with Crippen molar-refractivity contribution in [1.82, 2.24) is 9.97 Å². The lowest BCUT2D eigenvalue weighted by atomic mass is 10.2. The van der Waals surface area contributed by atoms with E-state index in [9.17, 15) is 0 Å². The van der Waals surface area contributed by atoms with Crippen LogP contribution in [0.3, 0.4) is 0 Å². The molecule has 0 saturated heterocycles. The van der Waals surface area contributed by atoms with Gasteiger partial charge in [-0.15, -0.1) is 0 Å². The van der Waals surface area contributed by atoms with Crippen molar-refractivity contribution in [3.63, 3.8) is 0 Å². The number of ether oxygens (including phenoxy) is 2. The Hall–Kier alpha value is -1.81. The molecule has 21 heavy (non-hydrogen) atoms. The molecule has 0 saturated carbocycles. The highest BCUT2D eigenvalue weighted by Gasteiger charge is 2.13. The lowest BCUT2D eigenvalue weighted by Gasteiger charge is -2.12. The summed E-state index contributed by atoms with van der Waals surface area (Å²) in [5.41, 5.74) is 0.731. The molecule has 0 fully saturated rings. The summed E-state index contributed by atoms with van der Waals surface area (Å²) < 4.78 is 11.2. The van der Waals surface area contributed by atoms with Gasteiger partial charge in [-0.3, -0.25) is 0 Å². The molecule has 1 aromatic carbocycles. The summed E-state index contributed by atoms with van der Waals surface area (Å²) in [5, 5.41) is 0.426. The van der Waals surface area contributed by atoms with Crippen LogP contribution in [0.2, 0.25) is 5.15 Å². The third kappa shape index (κ3) is 3.85. The Bertz CT molecular complexity index is 612. The normalized spacial score (nSPS) is 10.8. The van der Waals surface area contributed by atoms with Crippen LogP contribution in [-0.4, -0.2) is 16.6 Å². The second kappa shape index (κ2) is 6.76. The fraction of sp³-hybridized carbons (Fsp3) is 0.375. The van der Waals surface area contributed by atoms with Crippen LogP contribution >= 0.6 is 11.6 Å². The van der Waals surface area contributed by atoms with Crippen LogP contribution in [0.25, 0.3) is 0 Å². The van der Waals surface area contributed by atoms with E-state index in [0.717, 1.165) is 11.3 Å². The Morgan fingerprint density at radius 1 is 1.10 bits per heavy atom. The van der Waals surface area contributed by atoms with E-state index in [1.165, 1.54) is 0 Å². The van der Waals surface area contributed by atoms with E-state index < -0.39 is 0 Å². The van der Waals surface area contributed by atoms with Crippen LogP contribution in [0.15, 0.2) is 24.3 Å². The van der Waals surface area contributed by atoms with Gasteiger partial charge in [0.05, 0.1) is 6.61 Å². The average molecular weight is 307 g/mol. The van der Waals surface area contributed by atoms with Gasteiger partial charge in [-0.2, -0.15) is 4.98 Å². The first-order valence-corrected chi connectivity index (χ1v) is 7.33. The molecule has 5 heteroatoms. The van der Waals surface area contributed by atoms with Crippen molar-refractivity contribution in [2.75, 3.05) is 6.61 Å². The second-order valence-corrected chi connectivity index (χ2v) is 5.32. The zero-order valence-corrected chi connectivity index (χ0v) is 13.4. The zero-order valence-electron chi connectivity index (χ0n) is 12.7. The van der Waals surface area contributed by atoms with Crippen LogP contribution in [0.5, 0.6) is 17.4 Å². The molecule has 0 bridgehead atoms. The van der Waals surface area contributed by atoms with Gasteiger partial charge in [-0.05, 0) is 38.1 Å². The van der Waals surface area contributed by atoms with Gasteiger partial charge in [-0.1, -0.05) is 25.4 Å². The molecule has 0 N–H and O–H groups in total. The molecule has 2 rings (SSSR count). The molecule has 0 atom stereocenters. The molecule has 1 heterocycles.